The summed E-state index contributed by atoms with van der Waals surface area (Å²) in [6.45, 7) is 2.62. The molecule has 1 aromatic carbocycles. The Labute approximate surface area is 143 Å². The second-order valence-electron chi connectivity index (χ2n) is 6.63. The predicted molar refractivity (Wildman–Crippen MR) is 87.8 cm³/mol. The zero-order valence-electron chi connectivity index (χ0n) is 13.8. The predicted octanol–water partition coefficient (Wildman–Crippen LogP) is 2.99. The summed E-state index contributed by atoms with van der Waals surface area (Å²) >= 11 is 0. The summed E-state index contributed by atoms with van der Waals surface area (Å²) in [4.78, 5) is 13.0. The van der Waals surface area contributed by atoms with Gasteiger partial charge in [-0.2, -0.15) is 10.2 Å². The molecule has 3 heterocycles. The van der Waals surface area contributed by atoms with E-state index in [1.165, 1.54) is 17.1 Å². The van der Waals surface area contributed by atoms with Crippen molar-refractivity contribution in [3.05, 3.63) is 52.9 Å². The monoisotopic (exact) mass is 344 g/mol. The smallest absolute Gasteiger partial charge is 0.246 e. The number of hydrogen-bond acceptors (Lipinski definition) is 3. The van der Waals surface area contributed by atoms with Crippen LogP contribution in [0.5, 0.6) is 0 Å². The van der Waals surface area contributed by atoms with Crippen LogP contribution >= 0.6 is 0 Å². The van der Waals surface area contributed by atoms with E-state index in [4.69, 9.17) is 0 Å². The van der Waals surface area contributed by atoms with E-state index >= 15 is 0 Å². The molecule has 25 heavy (non-hydrogen) atoms. The van der Waals surface area contributed by atoms with Gasteiger partial charge in [-0.1, -0.05) is 0 Å². The van der Waals surface area contributed by atoms with E-state index in [0.29, 0.717) is 31.4 Å². The first-order chi connectivity index (χ1) is 12.0. The Bertz CT molecular complexity index is 841. The zero-order valence-corrected chi connectivity index (χ0v) is 13.8. The van der Waals surface area contributed by atoms with Crippen LogP contribution in [0.25, 0.3) is 0 Å². The lowest BCUT2D eigenvalue weighted by atomic mass is 9.94. The van der Waals surface area contributed by atoms with Crippen molar-refractivity contribution < 1.29 is 13.6 Å². The fourth-order valence-electron chi connectivity index (χ4n) is 3.66. The minimum atomic E-state index is -0.647. The Morgan fingerprint density at radius 1 is 1.20 bits per heavy atom. The van der Waals surface area contributed by atoms with Crippen molar-refractivity contribution in [3.63, 3.8) is 0 Å². The summed E-state index contributed by atoms with van der Waals surface area (Å²) in [6.07, 6.45) is 3.38. The molecule has 2 aliphatic rings. The molecule has 0 N–H and O–H groups in total. The molecule has 130 valence electrons. The third kappa shape index (κ3) is 2.94. The Morgan fingerprint density at radius 2 is 1.96 bits per heavy atom. The van der Waals surface area contributed by atoms with E-state index in [0.717, 1.165) is 17.5 Å². The normalized spacial score (nSPS) is 22.3. The zero-order chi connectivity index (χ0) is 17.6. The molecule has 2 atom stereocenters. The molecule has 2 aromatic rings. The van der Waals surface area contributed by atoms with Crippen LogP contribution in [0.4, 0.5) is 8.78 Å². The number of carbonyl (C=O) groups excluding carboxylic acids is 1. The molecule has 0 fully saturated rings. The first kappa shape index (κ1) is 15.9. The molecule has 1 aromatic heterocycles. The van der Waals surface area contributed by atoms with Gasteiger partial charge < -0.3 is 0 Å². The number of benzene rings is 1. The summed E-state index contributed by atoms with van der Waals surface area (Å²) < 4.78 is 29.0. The van der Waals surface area contributed by atoms with E-state index in [1.54, 1.807) is 6.21 Å². The standard InChI is InChI=1S/C18H18F2N4O/c1-11-6-16-9-12(3-5-23(16)22-11)18(25)24-17(2-4-21-24)13-7-14(19)10-15(20)8-13/h4,6-8,10,12,17H,2-3,5,9H2,1H3/t12-,17+/m0/s1. The van der Waals surface area contributed by atoms with E-state index in [9.17, 15) is 13.6 Å². The quantitative estimate of drug-likeness (QED) is 0.841. The van der Waals surface area contributed by atoms with Crippen LogP contribution in [0.3, 0.4) is 0 Å². The number of halogens is 2. The number of rotatable bonds is 2. The highest BCUT2D eigenvalue weighted by Gasteiger charge is 2.35. The van der Waals surface area contributed by atoms with Gasteiger partial charge in [0.2, 0.25) is 5.91 Å². The van der Waals surface area contributed by atoms with Crippen molar-refractivity contribution in [3.8, 4) is 0 Å². The first-order valence-corrected chi connectivity index (χ1v) is 8.36. The Balaban J connectivity index is 1.56. The van der Waals surface area contributed by atoms with Crippen molar-refractivity contribution >= 4 is 12.1 Å². The minimum Gasteiger partial charge on any atom is -0.273 e. The van der Waals surface area contributed by atoms with Crippen LogP contribution in [0, 0.1) is 24.5 Å². The maximum absolute atomic E-state index is 13.5. The van der Waals surface area contributed by atoms with Gasteiger partial charge in [0, 0.05) is 43.3 Å². The molecule has 0 saturated heterocycles. The molecule has 4 rings (SSSR count). The highest BCUT2D eigenvalue weighted by atomic mass is 19.1. The third-order valence-corrected chi connectivity index (χ3v) is 4.81. The molecule has 0 radical (unpaired) electrons. The fourth-order valence-corrected chi connectivity index (χ4v) is 3.66. The molecule has 0 spiro atoms. The van der Waals surface area contributed by atoms with Crippen molar-refractivity contribution in [1.29, 1.82) is 0 Å². The number of fused-ring (bicyclic) bond motifs is 1. The lowest BCUT2D eigenvalue weighted by Gasteiger charge is -2.29. The summed E-state index contributed by atoms with van der Waals surface area (Å²) in [5.74, 6) is -1.59. The maximum atomic E-state index is 13.5. The van der Waals surface area contributed by atoms with Crippen molar-refractivity contribution in [2.75, 3.05) is 0 Å². The highest BCUT2D eigenvalue weighted by molar-refractivity contribution is 5.82. The van der Waals surface area contributed by atoms with Crippen LogP contribution < -0.4 is 0 Å². The van der Waals surface area contributed by atoms with Crippen molar-refractivity contribution in [2.45, 2.75) is 38.8 Å². The summed E-state index contributed by atoms with van der Waals surface area (Å²) in [7, 11) is 0. The summed E-state index contributed by atoms with van der Waals surface area (Å²) in [5, 5.41) is 9.97. The van der Waals surface area contributed by atoms with Gasteiger partial charge in [-0.3, -0.25) is 9.48 Å². The minimum absolute atomic E-state index is 0.103. The van der Waals surface area contributed by atoms with Gasteiger partial charge in [-0.25, -0.2) is 13.8 Å². The van der Waals surface area contributed by atoms with Gasteiger partial charge >= 0.3 is 0 Å². The Morgan fingerprint density at radius 3 is 2.72 bits per heavy atom. The summed E-state index contributed by atoms with van der Waals surface area (Å²) in [5.41, 5.74) is 2.41. The molecular weight excluding hydrogens is 326 g/mol. The van der Waals surface area contributed by atoms with Crippen LogP contribution in [-0.4, -0.2) is 26.9 Å². The van der Waals surface area contributed by atoms with Crippen LogP contribution in [0.15, 0.2) is 29.4 Å². The molecule has 2 aliphatic heterocycles. The van der Waals surface area contributed by atoms with E-state index < -0.39 is 17.7 Å². The number of aromatic nitrogens is 2. The lowest BCUT2D eigenvalue weighted by Crippen LogP contribution is -2.36. The molecular formula is C18H18F2N4O. The summed E-state index contributed by atoms with van der Waals surface area (Å²) in [6, 6.07) is 4.90. The average molecular weight is 344 g/mol. The van der Waals surface area contributed by atoms with Crippen molar-refractivity contribution in [2.24, 2.45) is 11.0 Å². The number of nitrogens with zero attached hydrogens (tertiary/aromatic N) is 4. The van der Waals surface area contributed by atoms with Gasteiger partial charge in [0.1, 0.15) is 11.6 Å². The average Bonchev–Trinajstić information content (AvgIpc) is 3.17. The lowest BCUT2D eigenvalue weighted by molar-refractivity contribution is -0.138. The van der Waals surface area contributed by atoms with Crippen LogP contribution in [0.1, 0.15) is 35.8 Å². The number of carbonyl (C=O) groups is 1. The molecule has 0 unspecified atom stereocenters. The van der Waals surface area contributed by atoms with Gasteiger partial charge in [-0.05, 0) is 37.1 Å². The number of hydrogen-bond donors (Lipinski definition) is 0. The number of aryl methyl sites for hydroxylation is 2. The largest absolute Gasteiger partial charge is 0.273 e. The molecule has 0 saturated carbocycles. The van der Waals surface area contributed by atoms with Gasteiger partial charge in [0.05, 0.1) is 11.7 Å². The third-order valence-electron chi connectivity index (χ3n) is 4.81. The van der Waals surface area contributed by atoms with Gasteiger partial charge in [0.25, 0.3) is 0 Å². The van der Waals surface area contributed by atoms with Crippen LogP contribution in [-0.2, 0) is 17.8 Å². The molecule has 1 amide bonds. The van der Waals surface area contributed by atoms with Crippen LogP contribution in [0.2, 0.25) is 0 Å². The Kier molecular flexibility index (Phi) is 3.86. The second-order valence-corrected chi connectivity index (χ2v) is 6.63. The molecule has 0 bridgehead atoms. The van der Waals surface area contributed by atoms with Gasteiger partial charge in [-0.15, -0.1) is 0 Å². The maximum Gasteiger partial charge on any atom is 0.246 e. The molecule has 7 heteroatoms. The molecule has 0 aliphatic carbocycles. The molecule has 5 nitrogen and oxygen atoms in total. The van der Waals surface area contributed by atoms with E-state index in [-0.39, 0.29) is 11.8 Å². The topological polar surface area (TPSA) is 50.5 Å². The van der Waals surface area contributed by atoms with E-state index in [2.05, 4.69) is 10.2 Å². The van der Waals surface area contributed by atoms with Crippen molar-refractivity contribution in [1.82, 2.24) is 14.8 Å². The second kappa shape index (κ2) is 6.06. The highest BCUT2D eigenvalue weighted by Crippen LogP contribution is 2.32. The number of hydrazone groups is 1. The van der Waals surface area contributed by atoms with E-state index in [1.807, 2.05) is 17.7 Å². The Hall–Kier alpha value is -2.57. The first-order valence-electron chi connectivity index (χ1n) is 8.36. The van der Waals surface area contributed by atoms with Gasteiger partial charge in [0.15, 0.2) is 0 Å². The SMILES string of the molecule is Cc1cc2n(n1)CC[C@H](C(=O)N1N=CC[C@@H]1c1cc(F)cc(F)c1)C2. The number of amides is 1. The fraction of sp³-hybridized carbons (Fsp3) is 0.389.